The molecule has 0 amide bonds. The summed E-state index contributed by atoms with van der Waals surface area (Å²) in [5.74, 6) is 1.73. The molecule has 114 valence electrons. The van der Waals surface area contributed by atoms with Crippen LogP contribution in [0.25, 0.3) is 0 Å². The maximum absolute atomic E-state index is 5.78. The summed E-state index contributed by atoms with van der Waals surface area (Å²) in [6.45, 7) is 5.09. The molecule has 2 aliphatic rings. The molecule has 0 radical (unpaired) electrons. The summed E-state index contributed by atoms with van der Waals surface area (Å²) in [7, 11) is 0. The number of thioether (sulfide) groups is 2. The van der Waals surface area contributed by atoms with Crippen molar-refractivity contribution >= 4 is 56.7 Å². The fourth-order valence-electron chi connectivity index (χ4n) is 1.68. The Morgan fingerprint density at radius 3 is 1.70 bits per heavy atom. The van der Waals surface area contributed by atoms with E-state index in [1.165, 1.54) is 0 Å². The van der Waals surface area contributed by atoms with Crippen LogP contribution in [0.1, 0.15) is 13.8 Å². The summed E-state index contributed by atoms with van der Waals surface area (Å²) in [6, 6.07) is 0. The monoisotopic (exact) mass is 354 g/mol. The molecule has 0 aromatic carbocycles. The number of rotatable bonds is 7. The van der Waals surface area contributed by atoms with Gasteiger partial charge < -0.3 is 18.9 Å². The van der Waals surface area contributed by atoms with Crippen LogP contribution in [0.4, 0.5) is 0 Å². The van der Waals surface area contributed by atoms with E-state index in [9.17, 15) is 0 Å². The molecule has 20 heavy (non-hydrogen) atoms. The normalized spacial score (nSPS) is 29.1. The van der Waals surface area contributed by atoms with Crippen molar-refractivity contribution in [3.05, 3.63) is 0 Å². The van der Waals surface area contributed by atoms with Crippen LogP contribution in [0.3, 0.4) is 0 Å². The van der Waals surface area contributed by atoms with Gasteiger partial charge in [-0.3, -0.25) is 0 Å². The lowest BCUT2D eigenvalue weighted by Gasteiger charge is -2.23. The van der Waals surface area contributed by atoms with Crippen LogP contribution < -0.4 is 0 Å². The average molecular weight is 355 g/mol. The van der Waals surface area contributed by atoms with Gasteiger partial charge in [0, 0.05) is 11.5 Å². The average Bonchev–Trinajstić information content (AvgIpc) is 3.02. The third-order valence-electron chi connectivity index (χ3n) is 3.05. The van der Waals surface area contributed by atoms with Crippen LogP contribution in [-0.4, -0.2) is 57.9 Å². The van der Waals surface area contributed by atoms with E-state index in [2.05, 4.69) is 0 Å². The molecule has 2 aliphatic heterocycles. The smallest absolute Gasteiger partial charge is 0.220 e. The second-order valence-electron chi connectivity index (χ2n) is 4.68. The van der Waals surface area contributed by atoms with Gasteiger partial charge >= 0.3 is 0 Å². The Morgan fingerprint density at radius 2 is 1.40 bits per heavy atom. The minimum absolute atomic E-state index is 0.00113. The highest BCUT2D eigenvalue weighted by molar-refractivity contribution is 8.23. The SMILES string of the molecule is CC(OCC1CSC(=S)O1)C(C)OCC1CSC(=S)O1. The zero-order valence-corrected chi connectivity index (χ0v) is 14.7. The Labute approximate surface area is 138 Å². The molecule has 8 heteroatoms. The van der Waals surface area contributed by atoms with E-state index < -0.39 is 0 Å². The van der Waals surface area contributed by atoms with Gasteiger partial charge in [0.2, 0.25) is 8.77 Å². The van der Waals surface area contributed by atoms with Crippen molar-refractivity contribution in [1.82, 2.24) is 0 Å². The lowest BCUT2D eigenvalue weighted by Crippen LogP contribution is -2.32. The van der Waals surface area contributed by atoms with E-state index in [1.54, 1.807) is 23.5 Å². The van der Waals surface area contributed by atoms with Gasteiger partial charge in [-0.2, -0.15) is 0 Å². The molecule has 2 heterocycles. The highest BCUT2D eigenvalue weighted by atomic mass is 32.2. The number of thiocarbonyl (C=S) groups is 2. The molecule has 0 spiro atoms. The third kappa shape index (κ3) is 5.31. The second kappa shape index (κ2) is 8.14. The van der Waals surface area contributed by atoms with E-state index >= 15 is 0 Å². The van der Waals surface area contributed by atoms with E-state index in [0.717, 1.165) is 11.5 Å². The molecular formula is C12H18O4S4. The largest absolute Gasteiger partial charge is 0.472 e. The molecule has 2 rings (SSSR count). The van der Waals surface area contributed by atoms with Crippen LogP contribution in [0.5, 0.6) is 0 Å². The minimum atomic E-state index is -0.00113. The Balaban J connectivity index is 1.60. The summed E-state index contributed by atoms with van der Waals surface area (Å²) < 4.78 is 23.7. The summed E-state index contributed by atoms with van der Waals surface area (Å²) in [5.41, 5.74) is 0. The molecule has 2 saturated heterocycles. The fraction of sp³-hybridized carbons (Fsp3) is 0.833. The zero-order valence-electron chi connectivity index (χ0n) is 11.4. The molecule has 0 N–H and O–H groups in total. The topological polar surface area (TPSA) is 36.9 Å². The van der Waals surface area contributed by atoms with Crippen LogP contribution in [0, 0.1) is 0 Å². The van der Waals surface area contributed by atoms with Crippen molar-refractivity contribution in [2.75, 3.05) is 24.7 Å². The molecule has 0 aliphatic carbocycles. The van der Waals surface area contributed by atoms with Gasteiger partial charge in [-0.15, -0.1) is 0 Å². The maximum Gasteiger partial charge on any atom is 0.220 e. The van der Waals surface area contributed by atoms with Gasteiger partial charge in [0.05, 0.1) is 25.4 Å². The van der Waals surface area contributed by atoms with Crippen molar-refractivity contribution in [3.63, 3.8) is 0 Å². The quantitative estimate of drug-likeness (QED) is 0.646. The van der Waals surface area contributed by atoms with E-state index in [1.807, 2.05) is 13.8 Å². The predicted molar refractivity (Wildman–Crippen MR) is 90.7 cm³/mol. The van der Waals surface area contributed by atoms with Crippen LogP contribution in [0.15, 0.2) is 0 Å². The van der Waals surface area contributed by atoms with E-state index in [-0.39, 0.29) is 24.4 Å². The van der Waals surface area contributed by atoms with Crippen molar-refractivity contribution in [1.29, 1.82) is 0 Å². The first-order valence-corrected chi connectivity index (χ1v) is 9.23. The standard InChI is InChI=1S/C12H18O4S4/c1-7(13-3-9-5-19-11(17)15-9)8(2)14-4-10-6-20-12(18)16-10/h7-10H,3-6H2,1-2H3. The highest BCUT2D eigenvalue weighted by Gasteiger charge is 2.25. The summed E-state index contributed by atoms with van der Waals surface area (Å²) in [5, 5.41) is 0. The van der Waals surface area contributed by atoms with Crippen LogP contribution >= 0.6 is 48.0 Å². The van der Waals surface area contributed by atoms with Crippen LogP contribution in [0.2, 0.25) is 0 Å². The molecule has 0 aromatic heterocycles. The Kier molecular flexibility index (Phi) is 6.83. The summed E-state index contributed by atoms with van der Waals surface area (Å²) in [4.78, 5) is 0. The van der Waals surface area contributed by atoms with Crippen molar-refractivity contribution in [2.45, 2.75) is 38.3 Å². The molecule has 4 unspecified atom stereocenters. The van der Waals surface area contributed by atoms with Crippen molar-refractivity contribution < 1.29 is 18.9 Å². The van der Waals surface area contributed by atoms with Gasteiger partial charge in [-0.1, -0.05) is 23.5 Å². The van der Waals surface area contributed by atoms with E-state index in [0.29, 0.717) is 22.0 Å². The maximum atomic E-state index is 5.78. The first-order chi connectivity index (χ1) is 9.54. The minimum Gasteiger partial charge on any atom is -0.472 e. The summed E-state index contributed by atoms with van der Waals surface area (Å²) >= 11 is 13.1. The third-order valence-corrected chi connectivity index (χ3v) is 5.69. The van der Waals surface area contributed by atoms with Gasteiger partial charge in [0.25, 0.3) is 0 Å². The van der Waals surface area contributed by atoms with Gasteiger partial charge in [-0.25, -0.2) is 0 Å². The number of hydrogen-bond donors (Lipinski definition) is 0. The molecular weight excluding hydrogens is 336 g/mol. The first-order valence-electron chi connectivity index (χ1n) is 6.44. The zero-order chi connectivity index (χ0) is 14.5. The Bertz CT molecular complexity index is 331. The molecule has 0 saturated carbocycles. The molecule has 0 bridgehead atoms. The highest BCUT2D eigenvalue weighted by Crippen LogP contribution is 2.22. The Hall–Kier alpha value is 0.400. The van der Waals surface area contributed by atoms with Crippen molar-refractivity contribution in [3.8, 4) is 0 Å². The molecule has 0 aromatic rings. The van der Waals surface area contributed by atoms with Gasteiger partial charge in [-0.05, 0) is 38.3 Å². The lowest BCUT2D eigenvalue weighted by atomic mass is 10.2. The van der Waals surface area contributed by atoms with Gasteiger partial charge in [0.15, 0.2) is 0 Å². The van der Waals surface area contributed by atoms with Crippen LogP contribution in [-0.2, 0) is 18.9 Å². The predicted octanol–water partition coefficient (Wildman–Crippen LogP) is 2.63. The fourth-order valence-corrected chi connectivity index (χ4v) is 3.74. The first kappa shape index (κ1) is 16.8. The van der Waals surface area contributed by atoms with E-state index in [4.69, 9.17) is 43.4 Å². The number of ether oxygens (including phenoxy) is 4. The second-order valence-corrected chi connectivity index (χ2v) is 7.92. The lowest BCUT2D eigenvalue weighted by molar-refractivity contribution is -0.0826. The summed E-state index contributed by atoms with van der Waals surface area (Å²) in [6.07, 6.45) is 0.126. The van der Waals surface area contributed by atoms with Gasteiger partial charge in [0.1, 0.15) is 12.2 Å². The molecule has 2 fully saturated rings. The Morgan fingerprint density at radius 1 is 1.00 bits per heavy atom. The van der Waals surface area contributed by atoms with Crippen molar-refractivity contribution in [2.24, 2.45) is 0 Å². The number of hydrogen-bond acceptors (Lipinski definition) is 8. The molecule has 4 atom stereocenters. The molecule has 4 nitrogen and oxygen atoms in total.